The predicted molar refractivity (Wildman–Crippen MR) is 69.0 cm³/mol. The van der Waals surface area contributed by atoms with Crippen LogP contribution in [0.1, 0.15) is 10.4 Å². The van der Waals surface area contributed by atoms with Crippen molar-refractivity contribution in [3.05, 3.63) is 29.8 Å². The number of benzene rings is 1. The molecule has 0 saturated carbocycles. The van der Waals surface area contributed by atoms with E-state index < -0.39 is 5.97 Å². The van der Waals surface area contributed by atoms with Crippen LogP contribution >= 0.6 is 11.8 Å². The molecule has 0 radical (unpaired) electrons. The van der Waals surface area contributed by atoms with Gasteiger partial charge in [-0.25, -0.2) is 4.79 Å². The average molecular weight is 269 g/mol. The molecule has 0 atom stereocenters. The summed E-state index contributed by atoms with van der Waals surface area (Å²) < 4.78 is 4.82. The van der Waals surface area contributed by atoms with Crippen LogP contribution in [0.25, 0.3) is 0 Å². The van der Waals surface area contributed by atoms with Gasteiger partial charge in [-0.15, -0.1) is 11.8 Å². The Kier molecular flexibility index (Phi) is 6.24. The second-order valence-electron chi connectivity index (χ2n) is 3.40. The summed E-state index contributed by atoms with van der Waals surface area (Å²) in [5, 5.41) is 11.0. The Balaban J connectivity index is 2.38. The highest BCUT2D eigenvalue weighted by Gasteiger charge is 2.09. The summed E-state index contributed by atoms with van der Waals surface area (Å²) in [5.74, 6) is -1.20. The van der Waals surface area contributed by atoms with E-state index in [0.717, 1.165) is 4.90 Å². The van der Waals surface area contributed by atoms with E-state index in [-0.39, 0.29) is 25.7 Å². The van der Waals surface area contributed by atoms with Gasteiger partial charge in [-0.1, -0.05) is 12.1 Å². The fourth-order valence-corrected chi connectivity index (χ4v) is 1.92. The normalized spacial score (nSPS) is 10.1. The summed E-state index contributed by atoms with van der Waals surface area (Å²) in [6.07, 6.45) is 1.90. The van der Waals surface area contributed by atoms with Gasteiger partial charge in [0, 0.05) is 11.4 Å². The first kappa shape index (κ1) is 14.5. The first-order chi connectivity index (χ1) is 8.65. The number of nitrogens with one attached hydrogen (secondary N) is 1. The van der Waals surface area contributed by atoms with Crippen molar-refractivity contribution >= 4 is 23.6 Å². The molecule has 0 fully saturated rings. The highest BCUT2D eigenvalue weighted by atomic mass is 32.2. The van der Waals surface area contributed by atoms with Crippen molar-refractivity contribution in [1.82, 2.24) is 5.32 Å². The molecular weight excluding hydrogens is 254 g/mol. The molecule has 0 aliphatic carbocycles. The molecule has 0 heterocycles. The Hall–Kier alpha value is -1.53. The van der Waals surface area contributed by atoms with E-state index in [2.05, 4.69) is 5.32 Å². The lowest BCUT2D eigenvalue weighted by molar-refractivity contribution is -0.142. The second-order valence-corrected chi connectivity index (χ2v) is 4.25. The summed E-state index contributed by atoms with van der Waals surface area (Å²) in [7, 11) is 0. The van der Waals surface area contributed by atoms with Crippen molar-refractivity contribution in [3.8, 4) is 0 Å². The molecule has 0 bridgehead atoms. The van der Waals surface area contributed by atoms with Gasteiger partial charge < -0.3 is 15.2 Å². The molecule has 18 heavy (non-hydrogen) atoms. The number of rotatable bonds is 7. The van der Waals surface area contributed by atoms with Crippen LogP contribution in [0.4, 0.5) is 0 Å². The first-order valence-corrected chi connectivity index (χ1v) is 6.58. The van der Waals surface area contributed by atoms with Crippen LogP contribution in [0.3, 0.4) is 0 Å². The molecule has 2 N–H and O–H groups in total. The monoisotopic (exact) mass is 269 g/mol. The van der Waals surface area contributed by atoms with Crippen LogP contribution in [0.15, 0.2) is 29.2 Å². The molecular formula is C12H15NO4S. The Labute approximate surface area is 110 Å². The fraction of sp³-hybridized carbons (Fsp3) is 0.333. The van der Waals surface area contributed by atoms with E-state index in [1.54, 1.807) is 12.1 Å². The quantitative estimate of drug-likeness (QED) is 0.575. The SMILES string of the molecule is CSc1ccccc1C(=O)NCCOCC(=O)O. The summed E-state index contributed by atoms with van der Waals surface area (Å²) in [5.41, 5.74) is 0.614. The molecule has 0 unspecified atom stereocenters. The number of carboxylic acids is 1. The van der Waals surface area contributed by atoms with Crippen molar-refractivity contribution in [2.45, 2.75) is 4.90 Å². The summed E-state index contributed by atoms with van der Waals surface area (Å²) in [4.78, 5) is 22.9. The van der Waals surface area contributed by atoms with Gasteiger partial charge in [0.25, 0.3) is 5.91 Å². The Morgan fingerprint density at radius 1 is 1.39 bits per heavy atom. The number of hydrogen-bond donors (Lipinski definition) is 2. The maximum Gasteiger partial charge on any atom is 0.329 e. The Morgan fingerprint density at radius 2 is 2.11 bits per heavy atom. The zero-order chi connectivity index (χ0) is 13.4. The largest absolute Gasteiger partial charge is 0.480 e. The number of amides is 1. The number of aliphatic carboxylic acids is 1. The molecule has 6 heteroatoms. The van der Waals surface area contributed by atoms with Crippen LogP contribution in [0.2, 0.25) is 0 Å². The third-order valence-electron chi connectivity index (χ3n) is 2.11. The van der Waals surface area contributed by atoms with Crippen molar-refractivity contribution < 1.29 is 19.4 Å². The highest BCUT2D eigenvalue weighted by molar-refractivity contribution is 7.98. The highest BCUT2D eigenvalue weighted by Crippen LogP contribution is 2.19. The third-order valence-corrected chi connectivity index (χ3v) is 2.90. The standard InChI is InChI=1S/C12H15NO4S/c1-18-10-5-3-2-4-9(10)12(16)13-6-7-17-8-11(14)15/h2-5H,6-8H2,1H3,(H,13,16)(H,14,15). The number of carboxylic acid groups (broad SMARTS) is 1. The van der Waals surface area contributed by atoms with Gasteiger partial charge in [-0.2, -0.15) is 0 Å². The Morgan fingerprint density at radius 3 is 2.78 bits per heavy atom. The molecule has 0 aromatic heterocycles. The molecule has 1 aromatic carbocycles. The van der Waals surface area contributed by atoms with Gasteiger partial charge in [0.05, 0.1) is 12.2 Å². The predicted octanol–water partition coefficient (Wildman–Crippen LogP) is 1.24. The average Bonchev–Trinajstić information content (AvgIpc) is 2.37. The maximum atomic E-state index is 11.8. The number of hydrogen-bond acceptors (Lipinski definition) is 4. The van der Waals surface area contributed by atoms with E-state index in [9.17, 15) is 9.59 Å². The van der Waals surface area contributed by atoms with Gasteiger partial charge in [0.1, 0.15) is 6.61 Å². The molecule has 0 spiro atoms. The molecule has 1 amide bonds. The number of thioether (sulfide) groups is 1. The second kappa shape index (κ2) is 7.73. The van der Waals surface area contributed by atoms with Gasteiger partial charge in [0.15, 0.2) is 0 Å². The molecule has 5 nitrogen and oxygen atoms in total. The van der Waals surface area contributed by atoms with Crippen LogP contribution in [0, 0.1) is 0 Å². The molecule has 0 aliphatic rings. The molecule has 0 aliphatic heterocycles. The van der Waals surface area contributed by atoms with Gasteiger partial charge in [0.2, 0.25) is 0 Å². The van der Waals surface area contributed by atoms with Crippen molar-refractivity contribution in [3.63, 3.8) is 0 Å². The van der Waals surface area contributed by atoms with E-state index >= 15 is 0 Å². The third kappa shape index (κ3) is 4.77. The van der Waals surface area contributed by atoms with Crippen molar-refractivity contribution in [1.29, 1.82) is 0 Å². The number of carbonyl (C=O) groups is 2. The smallest absolute Gasteiger partial charge is 0.329 e. The summed E-state index contributed by atoms with van der Waals surface area (Å²) >= 11 is 1.50. The lowest BCUT2D eigenvalue weighted by atomic mass is 10.2. The number of ether oxygens (including phenoxy) is 1. The summed E-state index contributed by atoms with van der Waals surface area (Å²) in [6.45, 7) is 0.117. The van der Waals surface area contributed by atoms with Gasteiger partial charge >= 0.3 is 5.97 Å². The minimum absolute atomic E-state index is 0.180. The van der Waals surface area contributed by atoms with E-state index in [4.69, 9.17) is 9.84 Å². The first-order valence-electron chi connectivity index (χ1n) is 5.36. The van der Waals surface area contributed by atoms with Crippen molar-refractivity contribution in [2.24, 2.45) is 0 Å². The maximum absolute atomic E-state index is 11.8. The molecule has 1 rings (SSSR count). The van der Waals surface area contributed by atoms with E-state index in [1.165, 1.54) is 11.8 Å². The fourth-order valence-electron chi connectivity index (χ4n) is 1.32. The van der Waals surface area contributed by atoms with Gasteiger partial charge in [-0.05, 0) is 18.4 Å². The van der Waals surface area contributed by atoms with Gasteiger partial charge in [-0.3, -0.25) is 4.79 Å². The molecule has 0 saturated heterocycles. The molecule has 98 valence electrons. The van der Waals surface area contributed by atoms with Crippen molar-refractivity contribution in [2.75, 3.05) is 26.0 Å². The van der Waals surface area contributed by atoms with E-state index in [0.29, 0.717) is 5.56 Å². The zero-order valence-electron chi connectivity index (χ0n) is 10.0. The minimum atomic E-state index is -1.02. The van der Waals surface area contributed by atoms with Crippen LogP contribution in [0.5, 0.6) is 0 Å². The lowest BCUT2D eigenvalue weighted by Gasteiger charge is -2.08. The van der Waals surface area contributed by atoms with E-state index in [1.807, 2.05) is 18.4 Å². The summed E-state index contributed by atoms with van der Waals surface area (Å²) in [6, 6.07) is 7.30. The number of carbonyl (C=O) groups excluding carboxylic acids is 1. The topological polar surface area (TPSA) is 75.6 Å². The zero-order valence-corrected chi connectivity index (χ0v) is 10.8. The lowest BCUT2D eigenvalue weighted by Crippen LogP contribution is -2.28. The molecule has 1 aromatic rings. The van der Waals surface area contributed by atoms with Crippen LogP contribution in [-0.2, 0) is 9.53 Å². The Bertz CT molecular complexity index is 422. The van der Waals surface area contributed by atoms with Crippen LogP contribution < -0.4 is 5.32 Å². The van der Waals surface area contributed by atoms with Crippen LogP contribution in [-0.4, -0.2) is 43.0 Å². The minimum Gasteiger partial charge on any atom is -0.480 e.